The predicted octanol–water partition coefficient (Wildman–Crippen LogP) is 2.00. The molecule has 108 valence electrons. The van der Waals surface area contributed by atoms with Gasteiger partial charge in [-0.3, -0.25) is 4.57 Å². The van der Waals surface area contributed by atoms with Crippen molar-refractivity contribution in [1.29, 1.82) is 0 Å². The Morgan fingerprint density at radius 2 is 1.70 bits per heavy atom. The van der Waals surface area contributed by atoms with Crippen molar-refractivity contribution in [2.75, 3.05) is 0 Å². The van der Waals surface area contributed by atoms with Gasteiger partial charge in [0, 0.05) is 16.1 Å². The van der Waals surface area contributed by atoms with Crippen LogP contribution in [-0.2, 0) is 15.6 Å². The van der Waals surface area contributed by atoms with Crippen molar-refractivity contribution < 1.29 is 8.42 Å². The summed E-state index contributed by atoms with van der Waals surface area (Å²) in [5.74, 6) is 0.429. The summed E-state index contributed by atoms with van der Waals surface area (Å²) in [5, 5.41) is 13.2. The van der Waals surface area contributed by atoms with E-state index in [0.717, 1.165) is 0 Å². The van der Waals surface area contributed by atoms with Crippen LogP contribution in [0.25, 0.3) is 11.4 Å². The van der Waals surface area contributed by atoms with E-state index in [2.05, 4.69) is 10.2 Å². The number of halogens is 1. The van der Waals surface area contributed by atoms with Gasteiger partial charge in [0.05, 0.1) is 0 Å². The molecule has 0 saturated carbocycles. The number of rotatable bonds is 2. The fraction of sp³-hybridized carbons (Fsp3) is 0.333. The second kappa shape index (κ2) is 4.83. The Balaban J connectivity index is 2.72. The van der Waals surface area contributed by atoms with Crippen LogP contribution in [0.1, 0.15) is 20.8 Å². The van der Waals surface area contributed by atoms with Crippen molar-refractivity contribution in [1.82, 2.24) is 14.8 Å². The molecule has 0 radical (unpaired) electrons. The fourth-order valence-corrected chi connectivity index (χ4v) is 2.74. The molecule has 6 nitrogen and oxygen atoms in total. The number of sulfonamides is 1. The molecule has 1 aromatic carbocycles. The van der Waals surface area contributed by atoms with E-state index in [1.54, 1.807) is 24.3 Å². The molecule has 8 heteroatoms. The largest absolute Gasteiger partial charge is 0.291 e. The molecule has 0 aliphatic rings. The first kappa shape index (κ1) is 15.0. The lowest BCUT2D eigenvalue weighted by Gasteiger charge is -2.24. The zero-order valence-electron chi connectivity index (χ0n) is 11.3. The number of benzene rings is 1. The Labute approximate surface area is 122 Å². The van der Waals surface area contributed by atoms with Crippen molar-refractivity contribution in [3.05, 3.63) is 29.3 Å². The van der Waals surface area contributed by atoms with Crippen LogP contribution in [-0.4, -0.2) is 23.2 Å². The van der Waals surface area contributed by atoms with Crippen molar-refractivity contribution in [2.45, 2.75) is 31.5 Å². The average Bonchev–Trinajstić information content (AvgIpc) is 2.73. The van der Waals surface area contributed by atoms with E-state index >= 15 is 0 Å². The van der Waals surface area contributed by atoms with E-state index in [9.17, 15) is 8.42 Å². The van der Waals surface area contributed by atoms with Gasteiger partial charge in [0.1, 0.15) is 0 Å². The Kier molecular flexibility index (Phi) is 3.62. The molecular formula is C12H15ClN4O2S. The van der Waals surface area contributed by atoms with Crippen molar-refractivity contribution in [3.63, 3.8) is 0 Å². The van der Waals surface area contributed by atoms with Crippen LogP contribution in [0.2, 0.25) is 5.02 Å². The standard InChI is InChI=1S/C12H15ClN4O2S/c1-12(2,3)17-10(8-4-6-9(13)7-5-8)15-16-11(17)20(14,18)19/h4-7H,1-3H3,(H2,14,18,19). The van der Waals surface area contributed by atoms with Crippen LogP contribution >= 0.6 is 11.6 Å². The van der Waals surface area contributed by atoms with Gasteiger partial charge in [-0.05, 0) is 45.0 Å². The van der Waals surface area contributed by atoms with Crippen LogP contribution < -0.4 is 5.14 Å². The zero-order valence-corrected chi connectivity index (χ0v) is 12.9. The van der Waals surface area contributed by atoms with Gasteiger partial charge in [-0.1, -0.05) is 11.6 Å². The van der Waals surface area contributed by atoms with E-state index in [4.69, 9.17) is 16.7 Å². The lowest BCUT2D eigenvalue weighted by Crippen LogP contribution is -2.29. The van der Waals surface area contributed by atoms with Crippen molar-refractivity contribution in [3.8, 4) is 11.4 Å². The fourth-order valence-electron chi connectivity index (χ4n) is 1.84. The highest BCUT2D eigenvalue weighted by Gasteiger charge is 2.29. The number of hydrogen-bond donors (Lipinski definition) is 1. The quantitative estimate of drug-likeness (QED) is 0.917. The Hall–Kier alpha value is -1.44. The van der Waals surface area contributed by atoms with Crippen molar-refractivity contribution in [2.24, 2.45) is 5.14 Å². The first-order valence-electron chi connectivity index (χ1n) is 5.85. The number of primary sulfonamides is 1. The second-order valence-corrected chi connectivity index (χ2v) is 7.26. The molecule has 0 aliphatic heterocycles. The molecule has 1 aromatic heterocycles. The van der Waals surface area contributed by atoms with Crippen LogP contribution in [0.5, 0.6) is 0 Å². The summed E-state index contributed by atoms with van der Waals surface area (Å²) in [4.78, 5) is 0. The summed E-state index contributed by atoms with van der Waals surface area (Å²) in [6, 6.07) is 6.91. The van der Waals surface area contributed by atoms with E-state index in [0.29, 0.717) is 16.4 Å². The molecule has 2 aromatic rings. The number of nitrogens with two attached hydrogens (primary N) is 1. The van der Waals surface area contributed by atoms with Crippen LogP contribution in [0, 0.1) is 0 Å². The van der Waals surface area contributed by atoms with Crippen molar-refractivity contribution >= 4 is 21.6 Å². The van der Waals surface area contributed by atoms with Crippen LogP contribution in [0.4, 0.5) is 0 Å². The van der Waals surface area contributed by atoms with Crippen LogP contribution in [0.15, 0.2) is 29.4 Å². The van der Waals surface area contributed by atoms with Gasteiger partial charge in [0.15, 0.2) is 5.82 Å². The van der Waals surface area contributed by atoms with Gasteiger partial charge < -0.3 is 0 Å². The third-order valence-electron chi connectivity index (χ3n) is 2.66. The van der Waals surface area contributed by atoms with Gasteiger partial charge >= 0.3 is 0 Å². The Morgan fingerprint density at radius 3 is 2.15 bits per heavy atom. The summed E-state index contributed by atoms with van der Waals surface area (Å²) in [7, 11) is -3.95. The van der Waals surface area contributed by atoms with E-state index in [-0.39, 0.29) is 5.16 Å². The molecule has 2 N–H and O–H groups in total. The molecule has 0 saturated heterocycles. The smallest absolute Gasteiger partial charge is 0.273 e. The molecule has 0 amide bonds. The number of nitrogens with zero attached hydrogens (tertiary/aromatic N) is 3. The minimum atomic E-state index is -3.95. The minimum absolute atomic E-state index is 0.255. The third-order valence-corrected chi connectivity index (χ3v) is 3.69. The molecular weight excluding hydrogens is 300 g/mol. The van der Waals surface area contributed by atoms with Gasteiger partial charge in [-0.25, -0.2) is 13.6 Å². The molecule has 2 rings (SSSR count). The van der Waals surface area contributed by atoms with Gasteiger partial charge in [0.2, 0.25) is 0 Å². The van der Waals surface area contributed by atoms with E-state index in [1.807, 2.05) is 20.8 Å². The Morgan fingerprint density at radius 1 is 1.15 bits per heavy atom. The average molecular weight is 315 g/mol. The predicted molar refractivity (Wildman–Crippen MR) is 76.8 cm³/mol. The van der Waals surface area contributed by atoms with Crippen LogP contribution in [0.3, 0.4) is 0 Å². The molecule has 20 heavy (non-hydrogen) atoms. The normalized spacial score (nSPS) is 12.7. The molecule has 1 heterocycles. The molecule has 0 bridgehead atoms. The maximum absolute atomic E-state index is 11.6. The maximum Gasteiger partial charge on any atom is 0.273 e. The zero-order chi connectivity index (χ0) is 15.1. The third kappa shape index (κ3) is 2.84. The highest BCUT2D eigenvalue weighted by Crippen LogP contribution is 2.28. The summed E-state index contributed by atoms with van der Waals surface area (Å²) in [6.45, 7) is 5.55. The SMILES string of the molecule is CC(C)(C)n1c(-c2ccc(Cl)cc2)nnc1S(N)(=O)=O. The molecule has 0 fully saturated rings. The summed E-state index contributed by atoms with van der Waals surface area (Å²) >= 11 is 5.85. The number of aromatic nitrogens is 3. The molecule has 0 aliphatic carbocycles. The maximum atomic E-state index is 11.6. The van der Waals surface area contributed by atoms with Gasteiger partial charge in [0.25, 0.3) is 15.2 Å². The van der Waals surface area contributed by atoms with Gasteiger partial charge in [-0.15, -0.1) is 10.2 Å². The summed E-state index contributed by atoms with van der Waals surface area (Å²) in [5.41, 5.74) is 0.173. The topological polar surface area (TPSA) is 90.9 Å². The first-order chi connectivity index (χ1) is 9.10. The molecule has 0 atom stereocenters. The summed E-state index contributed by atoms with van der Waals surface area (Å²) < 4.78 is 24.8. The Bertz CT molecular complexity index is 730. The number of hydrogen-bond acceptors (Lipinski definition) is 4. The highest BCUT2D eigenvalue weighted by molar-refractivity contribution is 7.89. The van der Waals surface area contributed by atoms with E-state index < -0.39 is 15.6 Å². The lowest BCUT2D eigenvalue weighted by molar-refractivity contribution is 0.366. The summed E-state index contributed by atoms with van der Waals surface area (Å²) in [6.07, 6.45) is 0. The molecule has 0 unspecified atom stereocenters. The minimum Gasteiger partial charge on any atom is -0.291 e. The highest BCUT2D eigenvalue weighted by atomic mass is 35.5. The second-order valence-electron chi connectivity index (χ2n) is 5.36. The van der Waals surface area contributed by atoms with E-state index in [1.165, 1.54) is 4.57 Å². The first-order valence-corrected chi connectivity index (χ1v) is 7.78. The van der Waals surface area contributed by atoms with Gasteiger partial charge in [-0.2, -0.15) is 0 Å². The lowest BCUT2D eigenvalue weighted by atomic mass is 10.1. The molecule has 0 spiro atoms. The monoisotopic (exact) mass is 314 g/mol.